The van der Waals surface area contributed by atoms with E-state index in [1.54, 1.807) is 11.8 Å². The molecule has 0 radical (unpaired) electrons. The highest BCUT2D eigenvalue weighted by atomic mass is 79.9. The zero-order chi connectivity index (χ0) is 11.5. The number of rotatable bonds is 2. The van der Waals surface area contributed by atoms with Crippen LogP contribution < -0.4 is 0 Å². The molecule has 0 unspecified atom stereocenters. The lowest BCUT2D eigenvalue weighted by molar-refractivity contribution is 1.38. The highest BCUT2D eigenvalue weighted by Crippen LogP contribution is 2.32. The van der Waals surface area contributed by atoms with Gasteiger partial charge in [0.1, 0.15) is 0 Å². The first kappa shape index (κ1) is 11.7. The van der Waals surface area contributed by atoms with Crippen LogP contribution in [0.3, 0.4) is 0 Å². The molecular weight excluding hydrogens is 280 g/mol. The Kier molecular flexibility index (Phi) is 3.72. The number of aryl methyl sites for hydroxylation is 1. The first-order valence-electron chi connectivity index (χ1n) is 5.12. The molecule has 0 aliphatic rings. The molecule has 0 amide bonds. The molecule has 16 heavy (non-hydrogen) atoms. The maximum atomic E-state index is 3.56. The van der Waals surface area contributed by atoms with E-state index in [1.165, 1.54) is 21.6 Å². The van der Waals surface area contributed by atoms with Gasteiger partial charge in [0.2, 0.25) is 0 Å². The van der Waals surface area contributed by atoms with Crippen molar-refractivity contribution in [2.24, 2.45) is 0 Å². The van der Waals surface area contributed by atoms with Gasteiger partial charge in [-0.2, -0.15) is 0 Å². The molecule has 0 aliphatic carbocycles. The van der Waals surface area contributed by atoms with Gasteiger partial charge in [0.15, 0.2) is 0 Å². The van der Waals surface area contributed by atoms with Crippen LogP contribution in [0.4, 0.5) is 0 Å². The van der Waals surface area contributed by atoms with Crippen LogP contribution in [-0.4, -0.2) is 6.26 Å². The van der Waals surface area contributed by atoms with E-state index >= 15 is 0 Å². The normalized spacial score (nSPS) is 10.4. The van der Waals surface area contributed by atoms with Crippen LogP contribution in [0.2, 0.25) is 0 Å². The van der Waals surface area contributed by atoms with Gasteiger partial charge in [-0.1, -0.05) is 30.3 Å². The largest absolute Gasteiger partial charge is 0.128 e. The molecule has 2 aromatic rings. The van der Waals surface area contributed by atoms with Gasteiger partial charge in [-0.25, -0.2) is 0 Å². The van der Waals surface area contributed by atoms with Gasteiger partial charge in [-0.15, -0.1) is 11.8 Å². The third kappa shape index (κ3) is 2.33. The van der Waals surface area contributed by atoms with E-state index in [2.05, 4.69) is 71.6 Å². The summed E-state index contributed by atoms with van der Waals surface area (Å²) in [4.78, 5) is 1.28. The molecule has 0 heterocycles. The molecular formula is C14H13BrS. The van der Waals surface area contributed by atoms with Gasteiger partial charge in [0, 0.05) is 9.37 Å². The second kappa shape index (κ2) is 5.07. The summed E-state index contributed by atoms with van der Waals surface area (Å²) in [5, 5.41) is 0. The molecule has 0 bridgehead atoms. The molecule has 2 heteroatoms. The fourth-order valence-electron chi connectivity index (χ4n) is 1.72. The standard InChI is InChI=1S/C14H13BrS/c1-10-5-3-4-6-12(10)11-7-8-13(15)14(9-11)16-2/h3-9H,1-2H3. The molecule has 0 N–H and O–H groups in total. The second-order valence-corrected chi connectivity index (χ2v) is 5.37. The quantitative estimate of drug-likeness (QED) is 0.690. The maximum Gasteiger partial charge on any atom is 0.0311 e. The molecule has 0 atom stereocenters. The summed E-state index contributed by atoms with van der Waals surface area (Å²) in [5.74, 6) is 0. The molecule has 0 saturated heterocycles. The van der Waals surface area contributed by atoms with E-state index in [4.69, 9.17) is 0 Å². The van der Waals surface area contributed by atoms with Gasteiger partial charge in [-0.05, 0) is 57.9 Å². The summed E-state index contributed by atoms with van der Waals surface area (Å²) < 4.78 is 1.16. The van der Waals surface area contributed by atoms with Crippen molar-refractivity contribution < 1.29 is 0 Å². The summed E-state index contributed by atoms with van der Waals surface area (Å²) in [6, 6.07) is 15.0. The van der Waals surface area contributed by atoms with E-state index in [0.717, 1.165) is 4.47 Å². The molecule has 0 saturated carbocycles. The predicted molar refractivity (Wildman–Crippen MR) is 76.1 cm³/mol. The monoisotopic (exact) mass is 292 g/mol. The van der Waals surface area contributed by atoms with Crippen molar-refractivity contribution in [1.29, 1.82) is 0 Å². The van der Waals surface area contributed by atoms with E-state index in [0.29, 0.717) is 0 Å². The number of hydrogen-bond donors (Lipinski definition) is 0. The van der Waals surface area contributed by atoms with Crippen LogP contribution in [0.15, 0.2) is 51.8 Å². The van der Waals surface area contributed by atoms with Crippen LogP contribution >= 0.6 is 27.7 Å². The fourth-order valence-corrected chi connectivity index (χ4v) is 2.96. The summed E-state index contributed by atoms with van der Waals surface area (Å²) in [7, 11) is 0. The van der Waals surface area contributed by atoms with Crippen LogP contribution in [0.5, 0.6) is 0 Å². The average Bonchev–Trinajstić information content (AvgIpc) is 2.31. The van der Waals surface area contributed by atoms with Crippen molar-refractivity contribution in [3.63, 3.8) is 0 Å². The Morgan fingerprint density at radius 3 is 2.50 bits per heavy atom. The smallest absolute Gasteiger partial charge is 0.0311 e. The summed E-state index contributed by atoms with van der Waals surface area (Å²) in [6.07, 6.45) is 2.10. The SMILES string of the molecule is CSc1cc(-c2ccccc2C)ccc1Br. The van der Waals surface area contributed by atoms with Gasteiger partial charge in [0.25, 0.3) is 0 Å². The lowest BCUT2D eigenvalue weighted by atomic mass is 10.0. The fraction of sp³-hybridized carbons (Fsp3) is 0.143. The van der Waals surface area contributed by atoms with Crippen molar-refractivity contribution in [2.45, 2.75) is 11.8 Å². The Bertz CT molecular complexity index is 506. The van der Waals surface area contributed by atoms with Crippen molar-refractivity contribution in [3.8, 4) is 11.1 Å². The molecule has 2 rings (SSSR count). The van der Waals surface area contributed by atoms with Crippen LogP contribution in [0.1, 0.15) is 5.56 Å². The number of hydrogen-bond acceptors (Lipinski definition) is 1. The van der Waals surface area contributed by atoms with Crippen molar-refractivity contribution in [2.75, 3.05) is 6.26 Å². The number of thioether (sulfide) groups is 1. The topological polar surface area (TPSA) is 0 Å². The third-order valence-corrected chi connectivity index (χ3v) is 4.34. The van der Waals surface area contributed by atoms with E-state index in [-0.39, 0.29) is 0 Å². The van der Waals surface area contributed by atoms with Crippen LogP contribution in [0.25, 0.3) is 11.1 Å². The zero-order valence-electron chi connectivity index (χ0n) is 9.33. The van der Waals surface area contributed by atoms with Crippen molar-refractivity contribution in [3.05, 3.63) is 52.5 Å². The highest BCUT2D eigenvalue weighted by molar-refractivity contribution is 9.10. The molecule has 0 nitrogen and oxygen atoms in total. The summed E-state index contributed by atoms with van der Waals surface area (Å²) in [6.45, 7) is 2.15. The Balaban J connectivity index is 2.53. The molecule has 0 fully saturated rings. The molecule has 82 valence electrons. The Morgan fingerprint density at radius 1 is 1.06 bits per heavy atom. The summed E-state index contributed by atoms with van der Waals surface area (Å²) in [5.41, 5.74) is 3.91. The Morgan fingerprint density at radius 2 is 1.81 bits per heavy atom. The zero-order valence-corrected chi connectivity index (χ0v) is 11.7. The minimum atomic E-state index is 1.16. The molecule has 0 spiro atoms. The Hall–Kier alpha value is -0.730. The molecule has 0 aliphatic heterocycles. The summed E-state index contributed by atoms with van der Waals surface area (Å²) >= 11 is 5.32. The minimum absolute atomic E-state index is 1.16. The highest BCUT2D eigenvalue weighted by Gasteiger charge is 2.04. The van der Waals surface area contributed by atoms with E-state index in [9.17, 15) is 0 Å². The van der Waals surface area contributed by atoms with Gasteiger partial charge in [-0.3, -0.25) is 0 Å². The first-order valence-corrected chi connectivity index (χ1v) is 7.13. The van der Waals surface area contributed by atoms with E-state index < -0.39 is 0 Å². The van der Waals surface area contributed by atoms with Crippen molar-refractivity contribution >= 4 is 27.7 Å². The minimum Gasteiger partial charge on any atom is -0.128 e. The van der Waals surface area contributed by atoms with Crippen LogP contribution in [-0.2, 0) is 0 Å². The average molecular weight is 293 g/mol. The maximum absolute atomic E-state index is 3.56. The van der Waals surface area contributed by atoms with Crippen molar-refractivity contribution in [1.82, 2.24) is 0 Å². The van der Waals surface area contributed by atoms with Gasteiger partial charge < -0.3 is 0 Å². The first-order chi connectivity index (χ1) is 7.72. The lowest BCUT2D eigenvalue weighted by Gasteiger charge is -2.08. The number of benzene rings is 2. The van der Waals surface area contributed by atoms with Crippen LogP contribution in [0, 0.1) is 6.92 Å². The number of halogens is 1. The lowest BCUT2D eigenvalue weighted by Crippen LogP contribution is -1.83. The third-order valence-electron chi connectivity index (χ3n) is 2.61. The molecule has 0 aromatic heterocycles. The predicted octanol–water partition coefficient (Wildman–Crippen LogP) is 5.15. The molecule has 2 aromatic carbocycles. The van der Waals surface area contributed by atoms with E-state index in [1.807, 2.05) is 0 Å². The second-order valence-electron chi connectivity index (χ2n) is 3.66. The van der Waals surface area contributed by atoms with Gasteiger partial charge in [0.05, 0.1) is 0 Å². The Labute approximate surface area is 109 Å². The van der Waals surface area contributed by atoms with Gasteiger partial charge >= 0.3 is 0 Å².